The van der Waals surface area contributed by atoms with E-state index in [0.717, 1.165) is 25.3 Å². The molecular weight excluding hydrogens is 362 g/mol. The number of fused-ring (bicyclic) bond motifs is 6. The van der Waals surface area contributed by atoms with Gasteiger partial charge in [0.2, 0.25) is 5.91 Å². The lowest BCUT2D eigenvalue weighted by molar-refractivity contribution is -0.141. The Morgan fingerprint density at radius 1 is 1.07 bits per heavy atom. The molecule has 0 spiro atoms. The number of likely N-dealkylation sites (N-methyl/N-ethyl adjacent to an activating group) is 1. The number of amides is 1. The Morgan fingerprint density at radius 2 is 1.86 bits per heavy atom. The Labute approximate surface area is 169 Å². The van der Waals surface area contributed by atoms with E-state index in [2.05, 4.69) is 46.3 Å². The number of nitrogens with one attached hydrogen (secondary N) is 1. The first-order valence-electron chi connectivity index (χ1n) is 10.2. The van der Waals surface area contributed by atoms with E-state index in [4.69, 9.17) is 4.74 Å². The molecular formula is C24H23N3O2. The van der Waals surface area contributed by atoms with Crippen LogP contribution < -0.4 is 4.74 Å². The number of ether oxygens (including phenoxy) is 1. The van der Waals surface area contributed by atoms with Crippen molar-refractivity contribution in [3.05, 3.63) is 65.4 Å². The highest BCUT2D eigenvalue weighted by Gasteiger charge is 2.49. The maximum Gasteiger partial charge on any atom is 0.240 e. The average molecular weight is 385 g/mol. The summed E-state index contributed by atoms with van der Waals surface area (Å²) in [4.78, 5) is 21.0. The normalized spacial score (nSPS) is 23.5. The molecule has 0 unspecified atom stereocenters. The van der Waals surface area contributed by atoms with Crippen molar-refractivity contribution >= 4 is 28.0 Å². The zero-order chi connectivity index (χ0) is 19.7. The number of benzene rings is 2. The summed E-state index contributed by atoms with van der Waals surface area (Å²) in [6.07, 6.45) is 0.792. The molecule has 3 aliphatic rings. The maximum atomic E-state index is 13.1. The fourth-order valence-corrected chi connectivity index (χ4v) is 5.34. The predicted molar refractivity (Wildman–Crippen MR) is 114 cm³/mol. The summed E-state index contributed by atoms with van der Waals surface area (Å²) in [5.74, 6) is 1.08. The second-order valence-corrected chi connectivity index (χ2v) is 8.21. The largest absolute Gasteiger partial charge is 0.497 e. The first kappa shape index (κ1) is 16.9. The smallest absolute Gasteiger partial charge is 0.240 e. The minimum atomic E-state index is -0.0959. The average Bonchev–Trinajstić information content (AvgIpc) is 3.08. The molecule has 1 fully saturated rings. The number of carbonyl (C=O) groups is 1. The molecule has 5 heteroatoms. The second kappa shape index (κ2) is 5.97. The van der Waals surface area contributed by atoms with Gasteiger partial charge in [-0.25, -0.2) is 0 Å². The molecule has 1 saturated heterocycles. The van der Waals surface area contributed by atoms with Crippen LogP contribution in [-0.2, 0) is 4.79 Å². The van der Waals surface area contributed by atoms with Crippen LogP contribution in [0.4, 0.5) is 0 Å². The summed E-state index contributed by atoms with van der Waals surface area (Å²) in [5.41, 5.74) is 7.64. The minimum Gasteiger partial charge on any atom is -0.497 e. The third kappa shape index (κ3) is 2.22. The lowest BCUT2D eigenvalue weighted by Crippen LogP contribution is -2.58. The lowest BCUT2D eigenvalue weighted by Gasteiger charge is -2.50. The first-order valence-corrected chi connectivity index (χ1v) is 10.2. The van der Waals surface area contributed by atoms with Gasteiger partial charge in [0.05, 0.1) is 24.9 Å². The number of methoxy groups -OCH3 is 1. The van der Waals surface area contributed by atoms with Crippen LogP contribution in [0.3, 0.4) is 0 Å². The Hall–Kier alpha value is -3.05. The Balaban J connectivity index is 1.53. The van der Waals surface area contributed by atoms with Crippen LogP contribution in [-0.4, -0.2) is 54.0 Å². The van der Waals surface area contributed by atoms with Crippen LogP contribution in [0.2, 0.25) is 0 Å². The fraction of sp³-hybridized carbons (Fsp3) is 0.292. The number of nitrogens with zero attached hydrogens (tertiary/aromatic N) is 2. The zero-order valence-electron chi connectivity index (χ0n) is 16.6. The summed E-state index contributed by atoms with van der Waals surface area (Å²) in [7, 11) is 3.61. The molecule has 29 heavy (non-hydrogen) atoms. The number of piperazine rings is 1. The number of hydrogen-bond donors (Lipinski definition) is 1. The summed E-state index contributed by atoms with van der Waals surface area (Å²) >= 11 is 0. The van der Waals surface area contributed by atoms with Gasteiger partial charge in [0.25, 0.3) is 0 Å². The van der Waals surface area contributed by atoms with Gasteiger partial charge >= 0.3 is 0 Å². The van der Waals surface area contributed by atoms with Crippen molar-refractivity contribution in [3.8, 4) is 5.75 Å². The molecule has 2 aliphatic heterocycles. The quantitative estimate of drug-likeness (QED) is 0.732. The van der Waals surface area contributed by atoms with Crippen LogP contribution in [0.15, 0.2) is 48.5 Å². The predicted octanol–water partition coefficient (Wildman–Crippen LogP) is 3.69. The van der Waals surface area contributed by atoms with Gasteiger partial charge in [0, 0.05) is 42.2 Å². The van der Waals surface area contributed by atoms with Crippen molar-refractivity contribution in [3.63, 3.8) is 0 Å². The molecule has 146 valence electrons. The van der Waals surface area contributed by atoms with E-state index in [9.17, 15) is 4.79 Å². The number of aromatic nitrogens is 1. The van der Waals surface area contributed by atoms with Crippen molar-refractivity contribution in [1.29, 1.82) is 0 Å². The summed E-state index contributed by atoms with van der Waals surface area (Å²) in [5, 5.41) is 1.26. The Morgan fingerprint density at radius 3 is 2.66 bits per heavy atom. The maximum absolute atomic E-state index is 13.1. The van der Waals surface area contributed by atoms with Gasteiger partial charge in [-0.3, -0.25) is 9.69 Å². The van der Waals surface area contributed by atoms with Gasteiger partial charge in [-0.1, -0.05) is 30.3 Å². The number of H-pyrrole nitrogens is 1. The summed E-state index contributed by atoms with van der Waals surface area (Å²) in [6.45, 7) is 1.65. The zero-order valence-corrected chi connectivity index (χ0v) is 16.6. The van der Waals surface area contributed by atoms with Gasteiger partial charge in [-0.05, 0) is 35.8 Å². The van der Waals surface area contributed by atoms with Crippen molar-refractivity contribution in [2.45, 2.75) is 18.5 Å². The fourth-order valence-electron chi connectivity index (χ4n) is 5.34. The van der Waals surface area contributed by atoms with E-state index in [1.54, 1.807) is 7.11 Å². The minimum absolute atomic E-state index is 0.0906. The standard InChI is InChI=1S/C24H23N3O2/c1-26-11-12-27-19(24(26)28)13-17-20-16-5-3-4-6-18(16)25-22(20)21(17)23(27)14-7-9-15(29-2)10-8-14/h3-10,19,23,25H,11-13H2,1-2H3/t19-,23-/m0/s1. The molecule has 2 aromatic carbocycles. The number of carbonyl (C=O) groups excluding carboxylic acids is 1. The molecule has 6 rings (SSSR count). The van der Waals surface area contributed by atoms with E-state index in [1.807, 2.05) is 24.1 Å². The summed E-state index contributed by atoms with van der Waals surface area (Å²) in [6, 6.07) is 16.8. The van der Waals surface area contributed by atoms with Gasteiger partial charge < -0.3 is 14.6 Å². The van der Waals surface area contributed by atoms with Crippen molar-refractivity contribution in [1.82, 2.24) is 14.8 Å². The SMILES string of the molecule is COc1ccc([C@H]2C3=C(C[C@H]4C(=O)N(C)CCN24)c2c3[nH]c3ccccc23)cc1. The molecule has 2 atom stereocenters. The number of aromatic amines is 1. The number of rotatable bonds is 2. The van der Waals surface area contributed by atoms with E-state index in [0.29, 0.717) is 0 Å². The molecule has 1 N–H and O–H groups in total. The lowest BCUT2D eigenvalue weighted by atomic mass is 9.71. The van der Waals surface area contributed by atoms with Gasteiger partial charge in [-0.15, -0.1) is 0 Å². The van der Waals surface area contributed by atoms with E-state index in [-0.39, 0.29) is 18.0 Å². The molecule has 1 aromatic heterocycles. The third-order valence-corrected chi connectivity index (χ3v) is 6.79. The van der Waals surface area contributed by atoms with Gasteiger partial charge in [0.1, 0.15) is 5.75 Å². The van der Waals surface area contributed by atoms with Crippen LogP contribution in [0, 0.1) is 0 Å². The Bertz CT molecular complexity index is 1170. The van der Waals surface area contributed by atoms with Crippen LogP contribution in [0.5, 0.6) is 5.75 Å². The highest BCUT2D eigenvalue weighted by molar-refractivity contribution is 6.15. The number of hydrogen-bond acceptors (Lipinski definition) is 3. The van der Waals surface area contributed by atoms with Gasteiger partial charge in [-0.2, -0.15) is 0 Å². The Kier molecular flexibility index (Phi) is 3.47. The van der Waals surface area contributed by atoms with E-state index < -0.39 is 0 Å². The molecule has 1 aliphatic carbocycles. The molecule has 3 heterocycles. The molecule has 0 radical (unpaired) electrons. The molecule has 0 saturated carbocycles. The van der Waals surface area contributed by atoms with Crippen LogP contribution in [0.1, 0.15) is 29.3 Å². The summed E-state index contributed by atoms with van der Waals surface area (Å²) < 4.78 is 5.36. The number of para-hydroxylation sites is 1. The van der Waals surface area contributed by atoms with Gasteiger partial charge in [0.15, 0.2) is 0 Å². The molecule has 3 aromatic rings. The highest BCUT2D eigenvalue weighted by Crippen LogP contribution is 2.57. The van der Waals surface area contributed by atoms with Crippen LogP contribution in [0.25, 0.3) is 22.0 Å². The van der Waals surface area contributed by atoms with Crippen LogP contribution >= 0.6 is 0 Å². The first-order chi connectivity index (χ1) is 14.2. The molecule has 1 amide bonds. The van der Waals surface area contributed by atoms with E-state index in [1.165, 1.54) is 38.9 Å². The molecule has 5 nitrogen and oxygen atoms in total. The van der Waals surface area contributed by atoms with Crippen molar-refractivity contribution < 1.29 is 9.53 Å². The van der Waals surface area contributed by atoms with Crippen molar-refractivity contribution in [2.75, 3.05) is 27.2 Å². The van der Waals surface area contributed by atoms with E-state index >= 15 is 0 Å². The second-order valence-electron chi connectivity index (χ2n) is 8.21. The highest BCUT2D eigenvalue weighted by atomic mass is 16.5. The topological polar surface area (TPSA) is 48.6 Å². The van der Waals surface area contributed by atoms with Crippen molar-refractivity contribution in [2.24, 2.45) is 0 Å². The monoisotopic (exact) mass is 385 g/mol. The third-order valence-electron chi connectivity index (χ3n) is 6.79. The molecule has 0 bridgehead atoms.